The molecule has 0 atom stereocenters. The van der Waals surface area contributed by atoms with E-state index in [4.69, 9.17) is 9.47 Å². The number of esters is 2. The van der Waals surface area contributed by atoms with Crippen LogP contribution in [0.15, 0.2) is 95.8 Å². The van der Waals surface area contributed by atoms with Crippen LogP contribution in [0.2, 0.25) is 0 Å². The summed E-state index contributed by atoms with van der Waals surface area (Å²) < 4.78 is 11.7. The maximum Gasteiger partial charge on any atom is 0.344 e. The second kappa shape index (κ2) is 9.36. The van der Waals surface area contributed by atoms with Crippen LogP contribution in [0.3, 0.4) is 0 Å². The van der Waals surface area contributed by atoms with Crippen molar-refractivity contribution in [3.05, 3.63) is 112 Å². The molecule has 6 heteroatoms. The molecule has 6 nitrogen and oxygen atoms in total. The Hall–Kier alpha value is -4.45. The summed E-state index contributed by atoms with van der Waals surface area (Å²) >= 11 is 0. The molecule has 0 amide bonds. The topological polar surface area (TPSA) is 74.6 Å². The summed E-state index contributed by atoms with van der Waals surface area (Å²) in [5.41, 5.74) is 2.06. The minimum Gasteiger partial charge on any atom is -0.466 e. The van der Waals surface area contributed by atoms with Gasteiger partial charge in [0.05, 0.1) is 31.1 Å². The van der Waals surface area contributed by atoms with Crippen LogP contribution in [0.25, 0.3) is 27.9 Å². The molecule has 0 saturated carbocycles. The Morgan fingerprint density at radius 1 is 0.788 bits per heavy atom. The number of nitrogens with zero attached hydrogens (tertiary/aromatic N) is 1. The highest BCUT2D eigenvalue weighted by molar-refractivity contribution is 6.04. The van der Waals surface area contributed by atoms with E-state index >= 15 is 0 Å². The second-order valence-corrected chi connectivity index (χ2v) is 7.18. The summed E-state index contributed by atoms with van der Waals surface area (Å²) in [4.78, 5) is 38.8. The number of carbonyl (C=O) groups excluding carboxylic acids is 2. The first-order valence-electron chi connectivity index (χ1n) is 10.2. The van der Waals surface area contributed by atoms with Crippen LogP contribution in [0.5, 0.6) is 0 Å². The van der Waals surface area contributed by atoms with E-state index in [-0.39, 0.29) is 5.56 Å². The van der Waals surface area contributed by atoms with Crippen molar-refractivity contribution < 1.29 is 19.1 Å². The molecule has 0 aliphatic rings. The molecule has 0 saturated heterocycles. The fourth-order valence-electron chi connectivity index (χ4n) is 3.80. The Bertz CT molecular complexity index is 1420. The molecule has 0 bridgehead atoms. The Labute approximate surface area is 190 Å². The fraction of sp³-hybridized carbons (Fsp3) is 0.0741. The first-order valence-corrected chi connectivity index (χ1v) is 10.2. The van der Waals surface area contributed by atoms with Gasteiger partial charge >= 0.3 is 11.9 Å². The van der Waals surface area contributed by atoms with Gasteiger partial charge in [0.1, 0.15) is 5.56 Å². The van der Waals surface area contributed by atoms with Gasteiger partial charge in [-0.1, -0.05) is 72.8 Å². The molecule has 0 fully saturated rings. The second-order valence-electron chi connectivity index (χ2n) is 7.18. The van der Waals surface area contributed by atoms with Crippen molar-refractivity contribution in [2.45, 2.75) is 0 Å². The van der Waals surface area contributed by atoms with Crippen molar-refractivity contribution in [1.82, 2.24) is 4.57 Å². The molecule has 0 spiro atoms. The number of benzene rings is 3. The van der Waals surface area contributed by atoms with Crippen LogP contribution < -0.4 is 5.43 Å². The number of aromatic nitrogens is 1. The van der Waals surface area contributed by atoms with E-state index in [1.165, 1.54) is 20.3 Å². The average Bonchev–Trinajstić information content (AvgIpc) is 2.88. The number of para-hydroxylation sites is 1. The lowest BCUT2D eigenvalue weighted by Crippen LogP contribution is -2.23. The number of methoxy groups -OCH3 is 2. The van der Waals surface area contributed by atoms with Gasteiger partial charge in [0.25, 0.3) is 0 Å². The number of hydrogen-bond acceptors (Lipinski definition) is 5. The van der Waals surface area contributed by atoms with Crippen LogP contribution in [-0.2, 0) is 14.3 Å². The zero-order chi connectivity index (χ0) is 23.4. The van der Waals surface area contributed by atoms with E-state index in [0.29, 0.717) is 33.4 Å². The van der Waals surface area contributed by atoms with Crippen molar-refractivity contribution in [3.63, 3.8) is 0 Å². The predicted molar refractivity (Wildman–Crippen MR) is 127 cm³/mol. The van der Waals surface area contributed by atoms with Gasteiger partial charge in [0, 0.05) is 11.5 Å². The molecule has 4 rings (SSSR count). The normalized spacial score (nSPS) is 11.3. The molecule has 1 heterocycles. The standard InChI is InChI=1S/C27H21NO5/c1-32-23(29)17-22(18-11-5-3-6-12-18)28-21-16-10-9-15-20(21)26(30)24(27(31)33-2)25(28)19-13-7-4-8-14-19/h3-17H,1-2H3/b22-17-. The summed E-state index contributed by atoms with van der Waals surface area (Å²) in [7, 11) is 2.53. The highest BCUT2D eigenvalue weighted by Gasteiger charge is 2.26. The zero-order valence-corrected chi connectivity index (χ0v) is 18.1. The lowest BCUT2D eigenvalue weighted by molar-refractivity contribution is -0.134. The summed E-state index contributed by atoms with van der Waals surface area (Å²) in [5.74, 6) is -1.33. The van der Waals surface area contributed by atoms with Crippen molar-refractivity contribution in [1.29, 1.82) is 0 Å². The Kier molecular flexibility index (Phi) is 6.17. The lowest BCUT2D eigenvalue weighted by Gasteiger charge is -2.22. The third-order valence-corrected chi connectivity index (χ3v) is 5.28. The average molecular weight is 439 g/mol. The number of hydrogen-bond donors (Lipinski definition) is 0. The molecule has 164 valence electrons. The summed E-state index contributed by atoms with van der Waals surface area (Å²) in [6, 6.07) is 25.2. The van der Waals surface area contributed by atoms with E-state index in [1.54, 1.807) is 41.0 Å². The fourth-order valence-corrected chi connectivity index (χ4v) is 3.80. The molecular weight excluding hydrogens is 418 g/mol. The molecule has 1 aromatic heterocycles. The Balaban J connectivity index is 2.27. The van der Waals surface area contributed by atoms with Gasteiger partial charge in [0.2, 0.25) is 5.43 Å². The van der Waals surface area contributed by atoms with Crippen molar-refractivity contribution in [3.8, 4) is 11.3 Å². The van der Waals surface area contributed by atoms with Gasteiger partial charge in [-0.15, -0.1) is 0 Å². The lowest BCUT2D eigenvalue weighted by atomic mass is 9.99. The van der Waals surface area contributed by atoms with Crippen LogP contribution >= 0.6 is 0 Å². The zero-order valence-electron chi connectivity index (χ0n) is 18.1. The summed E-state index contributed by atoms with van der Waals surface area (Å²) in [6.07, 6.45) is 1.35. The Morgan fingerprint density at radius 2 is 1.39 bits per heavy atom. The van der Waals surface area contributed by atoms with Crippen LogP contribution in [0.1, 0.15) is 15.9 Å². The maximum absolute atomic E-state index is 13.5. The van der Waals surface area contributed by atoms with E-state index in [0.717, 1.165) is 0 Å². The quantitative estimate of drug-likeness (QED) is 0.338. The predicted octanol–water partition coefficient (Wildman–Crippen LogP) is 4.52. The smallest absolute Gasteiger partial charge is 0.344 e. The van der Waals surface area contributed by atoms with Gasteiger partial charge in [-0.3, -0.25) is 4.79 Å². The molecule has 0 N–H and O–H groups in total. The number of carbonyl (C=O) groups is 2. The van der Waals surface area contributed by atoms with E-state index in [1.807, 2.05) is 48.5 Å². The number of ether oxygens (including phenoxy) is 2. The van der Waals surface area contributed by atoms with Crippen LogP contribution in [0.4, 0.5) is 0 Å². The Morgan fingerprint density at radius 3 is 2.03 bits per heavy atom. The molecule has 0 unspecified atom stereocenters. The first-order chi connectivity index (χ1) is 16.1. The first kappa shape index (κ1) is 21.8. The van der Waals surface area contributed by atoms with Gasteiger partial charge in [-0.25, -0.2) is 9.59 Å². The van der Waals surface area contributed by atoms with Gasteiger partial charge in [-0.05, 0) is 23.3 Å². The van der Waals surface area contributed by atoms with E-state index in [9.17, 15) is 14.4 Å². The third kappa shape index (κ3) is 4.06. The molecule has 3 aromatic carbocycles. The maximum atomic E-state index is 13.5. The number of pyridine rings is 1. The third-order valence-electron chi connectivity index (χ3n) is 5.28. The van der Waals surface area contributed by atoms with Gasteiger partial charge < -0.3 is 14.0 Å². The van der Waals surface area contributed by atoms with Gasteiger partial charge in [0.15, 0.2) is 0 Å². The largest absolute Gasteiger partial charge is 0.466 e. The minimum absolute atomic E-state index is 0.117. The summed E-state index contributed by atoms with van der Waals surface area (Å²) in [5, 5.41) is 0.323. The van der Waals surface area contributed by atoms with Crippen LogP contribution in [-0.4, -0.2) is 30.7 Å². The number of fused-ring (bicyclic) bond motifs is 1. The molecule has 0 aliphatic heterocycles. The van der Waals surface area contributed by atoms with Crippen molar-refractivity contribution >= 4 is 28.5 Å². The minimum atomic E-state index is -0.760. The molecular formula is C27H21NO5. The SMILES string of the molecule is COC(=O)/C=C(/c1ccccc1)n1c(-c2ccccc2)c(C(=O)OC)c(=O)c2ccccc21. The van der Waals surface area contributed by atoms with E-state index < -0.39 is 17.4 Å². The highest BCUT2D eigenvalue weighted by Crippen LogP contribution is 2.32. The summed E-state index contributed by atoms with van der Waals surface area (Å²) in [6.45, 7) is 0. The monoisotopic (exact) mass is 439 g/mol. The highest BCUT2D eigenvalue weighted by atomic mass is 16.5. The van der Waals surface area contributed by atoms with Crippen molar-refractivity contribution in [2.24, 2.45) is 0 Å². The molecule has 0 aliphatic carbocycles. The molecule has 0 radical (unpaired) electrons. The number of rotatable bonds is 5. The molecule has 4 aromatic rings. The van der Waals surface area contributed by atoms with E-state index in [2.05, 4.69) is 0 Å². The van der Waals surface area contributed by atoms with Gasteiger partial charge in [-0.2, -0.15) is 0 Å². The molecule has 33 heavy (non-hydrogen) atoms. The van der Waals surface area contributed by atoms with Crippen molar-refractivity contribution in [2.75, 3.05) is 14.2 Å². The van der Waals surface area contributed by atoms with Crippen LogP contribution in [0, 0.1) is 0 Å².